The highest BCUT2D eigenvalue weighted by Crippen LogP contribution is 2.38. The van der Waals surface area contributed by atoms with Gasteiger partial charge in [-0.2, -0.15) is 0 Å². The first kappa shape index (κ1) is 17.3. The van der Waals surface area contributed by atoms with Crippen LogP contribution in [0.1, 0.15) is 35.3 Å². The van der Waals surface area contributed by atoms with E-state index in [0.717, 1.165) is 5.56 Å². The van der Waals surface area contributed by atoms with Gasteiger partial charge in [0, 0.05) is 5.56 Å². The molecule has 24 heavy (non-hydrogen) atoms. The van der Waals surface area contributed by atoms with Crippen molar-refractivity contribution in [3.05, 3.63) is 76.2 Å². The van der Waals surface area contributed by atoms with Crippen LogP contribution in [-0.2, 0) is 26.6 Å². The SMILES string of the molecule is CC.O=NC1(C(=O)OCc2ccccc2)OC(=O)c2ccccc21. The number of hydrogen-bond acceptors (Lipinski definition) is 6. The van der Waals surface area contributed by atoms with E-state index >= 15 is 0 Å². The number of nitrogens with zero attached hydrogens (tertiary/aromatic N) is 1. The summed E-state index contributed by atoms with van der Waals surface area (Å²) < 4.78 is 10.0. The molecule has 6 nitrogen and oxygen atoms in total. The van der Waals surface area contributed by atoms with Crippen LogP contribution in [0, 0.1) is 4.91 Å². The van der Waals surface area contributed by atoms with E-state index in [2.05, 4.69) is 5.18 Å². The van der Waals surface area contributed by atoms with Crippen molar-refractivity contribution >= 4 is 11.9 Å². The first-order valence-electron chi connectivity index (χ1n) is 7.56. The summed E-state index contributed by atoms with van der Waals surface area (Å²) in [6.07, 6.45) is 0. The van der Waals surface area contributed by atoms with E-state index < -0.39 is 17.7 Å². The Hall–Kier alpha value is -3.02. The first-order valence-corrected chi connectivity index (χ1v) is 7.56. The number of nitroso groups, excluding NO2 is 1. The average Bonchev–Trinajstić information content (AvgIpc) is 2.96. The number of carbonyl (C=O) groups excluding carboxylic acids is 2. The number of esters is 2. The molecule has 1 aliphatic heterocycles. The van der Waals surface area contributed by atoms with E-state index in [4.69, 9.17) is 9.47 Å². The Balaban J connectivity index is 0.00000100. The predicted octanol–water partition coefficient (Wildman–Crippen LogP) is 3.55. The predicted molar refractivity (Wildman–Crippen MR) is 86.9 cm³/mol. The standard InChI is InChI=1S/C16H11NO5.C2H6/c18-14-12-8-4-5-9-13(12)16(17-20,22-14)15(19)21-10-11-6-2-1-3-7-11;1-2/h1-9H,10H2;1-2H3. The molecule has 0 N–H and O–H groups in total. The van der Waals surface area contributed by atoms with Crippen LogP contribution in [-0.4, -0.2) is 11.9 Å². The quantitative estimate of drug-likeness (QED) is 0.633. The van der Waals surface area contributed by atoms with Crippen LogP contribution >= 0.6 is 0 Å². The van der Waals surface area contributed by atoms with Gasteiger partial charge in [0.2, 0.25) is 0 Å². The molecule has 0 amide bonds. The smallest absolute Gasteiger partial charge is 0.383 e. The second-order valence-corrected chi connectivity index (χ2v) is 4.73. The van der Waals surface area contributed by atoms with Crippen molar-refractivity contribution in [3.63, 3.8) is 0 Å². The fourth-order valence-corrected chi connectivity index (χ4v) is 2.28. The molecule has 124 valence electrons. The molecule has 0 aliphatic carbocycles. The molecule has 0 fully saturated rings. The Morgan fingerprint density at radius 3 is 2.38 bits per heavy atom. The number of cyclic esters (lactones) is 1. The third-order valence-corrected chi connectivity index (χ3v) is 3.37. The maximum Gasteiger partial charge on any atom is 0.383 e. The highest BCUT2D eigenvalue weighted by Gasteiger charge is 2.55. The molecule has 6 heteroatoms. The van der Waals surface area contributed by atoms with Gasteiger partial charge in [-0.05, 0) is 16.8 Å². The van der Waals surface area contributed by atoms with Crippen molar-refractivity contribution in [2.45, 2.75) is 26.2 Å². The lowest BCUT2D eigenvalue weighted by atomic mass is 10.0. The zero-order valence-electron chi connectivity index (χ0n) is 13.4. The maximum atomic E-state index is 12.3. The number of hydrogen-bond donors (Lipinski definition) is 0. The summed E-state index contributed by atoms with van der Waals surface area (Å²) in [6, 6.07) is 15.1. The van der Waals surface area contributed by atoms with Crippen molar-refractivity contribution in [1.29, 1.82) is 0 Å². The van der Waals surface area contributed by atoms with Gasteiger partial charge in [0.25, 0.3) is 0 Å². The van der Waals surface area contributed by atoms with Crippen LogP contribution in [0.3, 0.4) is 0 Å². The largest absolute Gasteiger partial charge is 0.456 e. The van der Waals surface area contributed by atoms with E-state index in [0.29, 0.717) is 0 Å². The lowest BCUT2D eigenvalue weighted by Crippen LogP contribution is -2.35. The Morgan fingerprint density at radius 1 is 1.08 bits per heavy atom. The zero-order valence-corrected chi connectivity index (χ0v) is 13.4. The van der Waals surface area contributed by atoms with Crippen LogP contribution in [0.4, 0.5) is 0 Å². The number of rotatable bonds is 4. The Labute approximate surface area is 139 Å². The maximum absolute atomic E-state index is 12.3. The van der Waals surface area contributed by atoms with Gasteiger partial charge in [-0.3, -0.25) is 0 Å². The second kappa shape index (κ2) is 7.50. The summed E-state index contributed by atoms with van der Waals surface area (Å²) in [5.41, 5.74) is -1.27. The zero-order chi connectivity index (χ0) is 17.6. The Morgan fingerprint density at radius 2 is 1.71 bits per heavy atom. The molecule has 0 bridgehead atoms. The average molecular weight is 327 g/mol. The molecule has 0 spiro atoms. The van der Waals surface area contributed by atoms with Gasteiger partial charge in [0.05, 0.1) is 5.56 Å². The Bertz CT molecular complexity index is 744. The van der Waals surface area contributed by atoms with Crippen LogP contribution < -0.4 is 0 Å². The van der Waals surface area contributed by atoms with Crippen molar-refractivity contribution in [3.8, 4) is 0 Å². The molecule has 3 rings (SSSR count). The summed E-state index contributed by atoms with van der Waals surface area (Å²) in [4.78, 5) is 35.3. The Kier molecular flexibility index (Phi) is 5.42. The van der Waals surface area contributed by atoms with Gasteiger partial charge in [-0.1, -0.05) is 62.4 Å². The third kappa shape index (κ3) is 3.03. The summed E-state index contributed by atoms with van der Waals surface area (Å²) in [5, 5.41) is 2.76. The molecule has 0 saturated carbocycles. The van der Waals surface area contributed by atoms with E-state index in [1.807, 2.05) is 19.9 Å². The molecule has 0 saturated heterocycles. The molecule has 1 heterocycles. The minimum absolute atomic E-state index is 0.0450. The van der Waals surface area contributed by atoms with E-state index in [9.17, 15) is 14.5 Å². The second-order valence-electron chi connectivity index (χ2n) is 4.73. The summed E-state index contributed by atoms with van der Waals surface area (Å²) in [5.74, 6) is -1.78. The lowest BCUT2D eigenvalue weighted by molar-refractivity contribution is -0.166. The molecular formula is C18H17NO5. The van der Waals surface area contributed by atoms with E-state index in [1.54, 1.807) is 36.4 Å². The first-order chi connectivity index (χ1) is 11.7. The van der Waals surface area contributed by atoms with Crippen molar-refractivity contribution < 1.29 is 19.1 Å². The van der Waals surface area contributed by atoms with E-state index in [-0.39, 0.29) is 17.7 Å². The molecule has 0 radical (unpaired) electrons. The van der Waals surface area contributed by atoms with Gasteiger partial charge >= 0.3 is 17.7 Å². The van der Waals surface area contributed by atoms with E-state index in [1.165, 1.54) is 12.1 Å². The van der Waals surface area contributed by atoms with Crippen LogP contribution in [0.25, 0.3) is 0 Å². The van der Waals surface area contributed by atoms with Gasteiger partial charge < -0.3 is 9.47 Å². The summed E-state index contributed by atoms with van der Waals surface area (Å²) in [7, 11) is 0. The highest BCUT2D eigenvalue weighted by molar-refractivity contribution is 6.00. The normalized spacial score (nSPS) is 17.8. The topological polar surface area (TPSA) is 82.0 Å². The highest BCUT2D eigenvalue weighted by atomic mass is 16.6. The molecule has 1 atom stereocenters. The van der Waals surface area contributed by atoms with Gasteiger partial charge in [0.1, 0.15) is 6.61 Å². The van der Waals surface area contributed by atoms with Gasteiger partial charge in [-0.25, -0.2) is 9.59 Å². The van der Waals surface area contributed by atoms with Crippen molar-refractivity contribution in [2.24, 2.45) is 5.18 Å². The fraction of sp³-hybridized carbons (Fsp3) is 0.222. The molecule has 0 aromatic heterocycles. The summed E-state index contributed by atoms with van der Waals surface area (Å²) in [6.45, 7) is 3.96. The molecule has 2 aromatic rings. The van der Waals surface area contributed by atoms with Crippen LogP contribution in [0.15, 0.2) is 59.8 Å². The van der Waals surface area contributed by atoms with Crippen molar-refractivity contribution in [1.82, 2.24) is 0 Å². The minimum Gasteiger partial charge on any atom is -0.456 e. The third-order valence-electron chi connectivity index (χ3n) is 3.37. The van der Waals surface area contributed by atoms with Crippen LogP contribution in [0.5, 0.6) is 0 Å². The van der Waals surface area contributed by atoms with Gasteiger partial charge in [-0.15, -0.1) is 4.91 Å². The fourth-order valence-electron chi connectivity index (χ4n) is 2.28. The monoisotopic (exact) mass is 327 g/mol. The summed E-state index contributed by atoms with van der Waals surface area (Å²) >= 11 is 0. The molecular weight excluding hydrogens is 310 g/mol. The van der Waals surface area contributed by atoms with Crippen LogP contribution in [0.2, 0.25) is 0 Å². The van der Waals surface area contributed by atoms with Gasteiger partial charge in [0.15, 0.2) is 0 Å². The lowest BCUT2D eigenvalue weighted by Gasteiger charge is -2.18. The van der Waals surface area contributed by atoms with Crippen molar-refractivity contribution in [2.75, 3.05) is 0 Å². The molecule has 1 aliphatic rings. The number of benzene rings is 2. The molecule has 2 aromatic carbocycles. The number of ether oxygens (including phenoxy) is 2. The molecule has 1 unspecified atom stereocenters. The number of carbonyl (C=O) groups is 2. The minimum atomic E-state index is -2.26. The number of fused-ring (bicyclic) bond motifs is 1.